The zero-order chi connectivity index (χ0) is 10.9. The van der Waals surface area contributed by atoms with Gasteiger partial charge in [0.1, 0.15) is 6.04 Å². The molecule has 0 radical (unpaired) electrons. The van der Waals surface area contributed by atoms with Gasteiger partial charge < -0.3 is 20.3 Å². The maximum atomic E-state index is 10.8. The molecule has 0 saturated carbocycles. The maximum Gasteiger partial charge on any atom is 0.217 e. The van der Waals surface area contributed by atoms with Crippen LogP contribution >= 0.6 is 0 Å². The Balaban J connectivity index is 2.68. The highest BCUT2D eigenvalue weighted by Crippen LogP contribution is 2.24. The first-order valence-corrected chi connectivity index (χ1v) is 4.72. The van der Waals surface area contributed by atoms with Crippen molar-refractivity contribution < 1.29 is 19.7 Å². The van der Waals surface area contributed by atoms with Crippen molar-refractivity contribution >= 4 is 5.91 Å². The zero-order valence-electron chi connectivity index (χ0n) is 8.60. The minimum atomic E-state index is -1.14. The fourth-order valence-electron chi connectivity index (χ4n) is 1.59. The van der Waals surface area contributed by atoms with E-state index < -0.39 is 18.4 Å². The largest absolute Gasteiger partial charge is 0.390 e. The SMILES string of the molecule is CC(=O)NC1[C@H](O)OC(C)[C@@H](C)[C@@H]1O. The number of amides is 1. The number of ether oxygens (including phenoxy) is 1. The van der Waals surface area contributed by atoms with Gasteiger partial charge in [-0.05, 0) is 6.92 Å². The lowest BCUT2D eigenvalue weighted by Crippen LogP contribution is -2.59. The predicted octanol–water partition coefficient (Wildman–Crippen LogP) is -0.775. The van der Waals surface area contributed by atoms with Gasteiger partial charge >= 0.3 is 0 Å². The van der Waals surface area contributed by atoms with Crippen molar-refractivity contribution in [3.05, 3.63) is 0 Å². The number of hydrogen-bond acceptors (Lipinski definition) is 4. The van der Waals surface area contributed by atoms with Crippen LogP contribution in [-0.4, -0.2) is 40.7 Å². The second-order valence-electron chi connectivity index (χ2n) is 3.81. The van der Waals surface area contributed by atoms with E-state index in [-0.39, 0.29) is 17.9 Å². The fraction of sp³-hybridized carbons (Fsp3) is 0.889. The van der Waals surface area contributed by atoms with Gasteiger partial charge in [-0.1, -0.05) is 6.92 Å². The lowest BCUT2D eigenvalue weighted by molar-refractivity contribution is -0.223. The van der Waals surface area contributed by atoms with E-state index in [1.165, 1.54) is 6.92 Å². The van der Waals surface area contributed by atoms with Crippen molar-refractivity contribution in [1.82, 2.24) is 5.32 Å². The van der Waals surface area contributed by atoms with E-state index in [4.69, 9.17) is 4.74 Å². The summed E-state index contributed by atoms with van der Waals surface area (Å²) in [6.07, 6.45) is -2.14. The monoisotopic (exact) mass is 203 g/mol. The molecule has 1 heterocycles. The lowest BCUT2D eigenvalue weighted by Gasteiger charge is -2.40. The number of carbonyl (C=O) groups excluding carboxylic acids is 1. The van der Waals surface area contributed by atoms with Crippen molar-refractivity contribution in [3.63, 3.8) is 0 Å². The summed E-state index contributed by atoms with van der Waals surface area (Å²) >= 11 is 0. The van der Waals surface area contributed by atoms with Crippen LogP contribution < -0.4 is 5.32 Å². The Morgan fingerprint density at radius 1 is 1.36 bits per heavy atom. The second kappa shape index (κ2) is 4.25. The van der Waals surface area contributed by atoms with Gasteiger partial charge in [-0.25, -0.2) is 0 Å². The Labute approximate surface area is 83.1 Å². The first kappa shape index (κ1) is 11.4. The summed E-state index contributed by atoms with van der Waals surface area (Å²) in [6.45, 7) is 4.93. The van der Waals surface area contributed by atoms with E-state index >= 15 is 0 Å². The van der Waals surface area contributed by atoms with Crippen molar-refractivity contribution in [2.24, 2.45) is 5.92 Å². The Hall–Kier alpha value is -0.650. The highest BCUT2D eigenvalue weighted by atomic mass is 16.6. The molecule has 5 heteroatoms. The van der Waals surface area contributed by atoms with Gasteiger partial charge in [0.15, 0.2) is 6.29 Å². The quantitative estimate of drug-likeness (QED) is 0.522. The summed E-state index contributed by atoms with van der Waals surface area (Å²) in [7, 11) is 0. The smallest absolute Gasteiger partial charge is 0.217 e. The van der Waals surface area contributed by atoms with Crippen molar-refractivity contribution in [3.8, 4) is 0 Å². The van der Waals surface area contributed by atoms with Crippen LogP contribution in [0.15, 0.2) is 0 Å². The number of nitrogens with one attached hydrogen (secondary N) is 1. The zero-order valence-corrected chi connectivity index (χ0v) is 8.60. The van der Waals surface area contributed by atoms with Crippen LogP contribution in [0.4, 0.5) is 0 Å². The molecule has 82 valence electrons. The molecular formula is C9H17NO4. The third-order valence-electron chi connectivity index (χ3n) is 2.68. The Morgan fingerprint density at radius 3 is 2.43 bits per heavy atom. The van der Waals surface area contributed by atoms with E-state index in [1.807, 2.05) is 6.92 Å². The number of rotatable bonds is 1. The van der Waals surface area contributed by atoms with Gasteiger partial charge in [0.05, 0.1) is 12.2 Å². The predicted molar refractivity (Wildman–Crippen MR) is 49.3 cm³/mol. The Kier molecular flexibility index (Phi) is 3.47. The highest BCUT2D eigenvalue weighted by molar-refractivity contribution is 5.73. The molecular weight excluding hydrogens is 186 g/mol. The van der Waals surface area contributed by atoms with E-state index in [2.05, 4.69) is 5.32 Å². The number of hydrogen-bond donors (Lipinski definition) is 3. The normalized spacial score (nSPS) is 43.4. The number of aliphatic hydroxyl groups is 2. The summed E-state index contributed by atoms with van der Waals surface area (Å²) in [5.41, 5.74) is 0. The molecule has 0 aromatic heterocycles. The molecule has 14 heavy (non-hydrogen) atoms. The van der Waals surface area contributed by atoms with E-state index in [0.29, 0.717) is 0 Å². The highest BCUT2D eigenvalue weighted by Gasteiger charge is 2.40. The fourth-order valence-corrected chi connectivity index (χ4v) is 1.59. The van der Waals surface area contributed by atoms with Gasteiger partial charge in [-0.3, -0.25) is 4.79 Å². The van der Waals surface area contributed by atoms with E-state index in [0.717, 1.165) is 0 Å². The second-order valence-corrected chi connectivity index (χ2v) is 3.81. The molecule has 3 N–H and O–H groups in total. The average molecular weight is 203 g/mol. The third kappa shape index (κ3) is 2.23. The summed E-state index contributed by atoms with van der Waals surface area (Å²) in [5.74, 6) is -0.409. The first-order valence-electron chi connectivity index (χ1n) is 4.72. The topological polar surface area (TPSA) is 78.8 Å². The molecule has 0 spiro atoms. The van der Waals surface area contributed by atoms with Crippen LogP contribution in [0, 0.1) is 5.92 Å². The first-order chi connectivity index (χ1) is 6.43. The average Bonchev–Trinajstić information content (AvgIpc) is 2.09. The molecule has 0 bridgehead atoms. The molecule has 0 aromatic carbocycles. The molecule has 5 nitrogen and oxygen atoms in total. The summed E-state index contributed by atoms with van der Waals surface area (Å²) in [6, 6.07) is -0.737. The lowest BCUT2D eigenvalue weighted by atomic mass is 9.90. The van der Waals surface area contributed by atoms with E-state index in [1.54, 1.807) is 6.92 Å². The van der Waals surface area contributed by atoms with Gasteiger partial charge in [-0.15, -0.1) is 0 Å². The van der Waals surface area contributed by atoms with Crippen LogP contribution in [0.25, 0.3) is 0 Å². The molecule has 2 unspecified atom stereocenters. The van der Waals surface area contributed by atoms with Crippen LogP contribution in [0.1, 0.15) is 20.8 Å². The Bertz CT molecular complexity index is 221. The molecule has 1 saturated heterocycles. The molecule has 0 aliphatic carbocycles. The van der Waals surface area contributed by atoms with Gasteiger partial charge in [0.2, 0.25) is 5.91 Å². The molecule has 1 fully saturated rings. The summed E-state index contributed by atoms with van der Waals surface area (Å²) < 4.78 is 5.16. The Morgan fingerprint density at radius 2 is 1.93 bits per heavy atom. The van der Waals surface area contributed by atoms with Crippen LogP contribution in [-0.2, 0) is 9.53 Å². The van der Waals surface area contributed by atoms with Crippen molar-refractivity contribution in [2.45, 2.75) is 45.3 Å². The molecule has 0 aromatic rings. The van der Waals surface area contributed by atoms with Crippen molar-refractivity contribution in [1.29, 1.82) is 0 Å². The molecule has 1 amide bonds. The van der Waals surface area contributed by atoms with Crippen LogP contribution in [0.3, 0.4) is 0 Å². The third-order valence-corrected chi connectivity index (χ3v) is 2.68. The van der Waals surface area contributed by atoms with Crippen LogP contribution in [0.5, 0.6) is 0 Å². The molecule has 1 aliphatic rings. The van der Waals surface area contributed by atoms with Gasteiger partial charge in [0.25, 0.3) is 0 Å². The number of carbonyl (C=O) groups is 1. The summed E-state index contributed by atoms with van der Waals surface area (Å²) in [4.78, 5) is 10.8. The molecule has 5 atom stereocenters. The van der Waals surface area contributed by atoms with Crippen molar-refractivity contribution in [2.75, 3.05) is 0 Å². The molecule has 1 aliphatic heterocycles. The minimum Gasteiger partial charge on any atom is -0.390 e. The molecule has 1 rings (SSSR count). The van der Waals surface area contributed by atoms with E-state index in [9.17, 15) is 15.0 Å². The minimum absolute atomic E-state index is 0.116. The maximum absolute atomic E-state index is 10.8. The number of aliphatic hydroxyl groups excluding tert-OH is 2. The van der Waals surface area contributed by atoms with Crippen LogP contribution in [0.2, 0.25) is 0 Å². The summed E-state index contributed by atoms with van der Waals surface area (Å²) in [5, 5.41) is 21.7. The standard InChI is InChI=1S/C9H17NO4/c1-4-5(2)14-9(13)7(8(4)12)10-6(3)11/h4-5,7-9,12-13H,1-3H3,(H,10,11)/t4-,5?,7?,8+,9-/m1/s1. The van der Waals surface area contributed by atoms with Gasteiger partial charge in [-0.2, -0.15) is 0 Å². The van der Waals surface area contributed by atoms with Gasteiger partial charge in [0, 0.05) is 12.8 Å².